The number of fused-ring (bicyclic) bond motifs is 3. The maximum absolute atomic E-state index is 12.0. The van der Waals surface area contributed by atoms with Gasteiger partial charge in [0.05, 0.1) is 11.2 Å². The SMILES string of the molecule is Cc1cc(B2OC(C)(C)C(C)(C)O2)cc2c1-c1ccc(Br)cc1C2(C)CCCCNC(=O)OC(C)(C)C. The number of unbranched alkanes of at least 4 members (excludes halogenated alkanes) is 1. The maximum Gasteiger partial charge on any atom is 0.494 e. The highest BCUT2D eigenvalue weighted by molar-refractivity contribution is 9.10. The summed E-state index contributed by atoms with van der Waals surface area (Å²) in [6.07, 6.45) is 2.45. The molecule has 1 amide bonds. The zero-order valence-electron chi connectivity index (χ0n) is 23.8. The van der Waals surface area contributed by atoms with Gasteiger partial charge in [0.15, 0.2) is 0 Å². The van der Waals surface area contributed by atoms with Crippen LogP contribution < -0.4 is 10.8 Å². The van der Waals surface area contributed by atoms with E-state index in [4.69, 9.17) is 14.0 Å². The summed E-state index contributed by atoms with van der Waals surface area (Å²) in [4.78, 5) is 12.0. The van der Waals surface area contributed by atoms with E-state index >= 15 is 0 Å². The first-order chi connectivity index (χ1) is 17.0. The lowest BCUT2D eigenvalue weighted by molar-refractivity contribution is 0.00578. The molecule has 4 rings (SSSR count). The van der Waals surface area contributed by atoms with Gasteiger partial charge >= 0.3 is 13.2 Å². The molecule has 37 heavy (non-hydrogen) atoms. The Kier molecular flexibility index (Phi) is 7.41. The second kappa shape index (κ2) is 9.73. The van der Waals surface area contributed by atoms with Crippen LogP contribution in [0.5, 0.6) is 0 Å². The molecule has 0 bridgehead atoms. The van der Waals surface area contributed by atoms with Crippen LogP contribution in [0.15, 0.2) is 34.8 Å². The third kappa shape index (κ3) is 5.50. The van der Waals surface area contributed by atoms with E-state index < -0.39 is 12.7 Å². The molecule has 5 nitrogen and oxygen atoms in total. The molecule has 2 aromatic rings. The van der Waals surface area contributed by atoms with Crippen molar-refractivity contribution >= 4 is 34.6 Å². The van der Waals surface area contributed by atoms with Crippen molar-refractivity contribution in [3.63, 3.8) is 0 Å². The molecular weight excluding hydrogens is 529 g/mol. The van der Waals surface area contributed by atoms with Gasteiger partial charge in [0.1, 0.15) is 5.60 Å². The molecule has 7 heteroatoms. The van der Waals surface area contributed by atoms with Gasteiger partial charge in [0.25, 0.3) is 0 Å². The number of hydrogen-bond acceptors (Lipinski definition) is 4. The van der Waals surface area contributed by atoms with E-state index in [1.54, 1.807) is 0 Å². The zero-order valence-corrected chi connectivity index (χ0v) is 25.4. The minimum atomic E-state index is -0.491. The summed E-state index contributed by atoms with van der Waals surface area (Å²) in [5.41, 5.74) is 6.16. The van der Waals surface area contributed by atoms with Gasteiger partial charge in [-0.1, -0.05) is 47.5 Å². The van der Waals surface area contributed by atoms with Crippen LogP contribution in [0.1, 0.15) is 91.3 Å². The van der Waals surface area contributed by atoms with E-state index in [0.717, 1.165) is 29.2 Å². The van der Waals surface area contributed by atoms with Gasteiger partial charge in [0.2, 0.25) is 0 Å². The first-order valence-corrected chi connectivity index (χ1v) is 14.1. The number of alkyl carbamates (subject to hydrolysis) is 1. The van der Waals surface area contributed by atoms with Crippen molar-refractivity contribution in [2.24, 2.45) is 0 Å². The van der Waals surface area contributed by atoms with Gasteiger partial charge in [-0.05, 0) is 114 Å². The highest BCUT2D eigenvalue weighted by Crippen LogP contribution is 2.53. The van der Waals surface area contributed by atoms with Crippen molar-refractivity contribution in [3.05, 3.63) is 51.5 Å². The molecule has 1 aliphatic carbocycles. The molecule has 1 saturated heterocycles. The molecule has 0 aromatic heterocycles. The number of halogens is 1. The third-order valence-corrected chi connectivity index (χ3v) is 8.59. The van der Waals surface area contributed by atoms with Gasteiger partial charge in [0, 0.05) is 16.4 Å². The third-order valence-electron chi connectivity index (χ3n) is 8.09. The highest BCUT2D eigenvalue weighted by atomic mass is 79.9. The molecule has 1 atom stereocenters. The summed E-state index contributed by atoms with van der Waals surface area (Å²) in [6.45, 7) is 19.1. The average molecular weight is 570 g/mol. The molecule has 1 heterocycles. The van der Waals surface area contributed by atoms with Crippen LogP contribution in [0.25, 0.3) is 11.1 Å². The first-order valence-electron chi connectivity index (χ1n) is 13.3. The van der Waals surface area contributed by atoms with Crippen molar-refractivity contribution < 1.29 is 18.8 Å². The minimum absolute atomic E-state index is 0.162. The Hall–Kier alpha value is -1.83. The Morgan fingerprint density at radius 2 is 1.65 bits per heavy atom. The predicted octanol–water partition coefficient (Wildman–Crippen LogP) is 7.04. The normalized spacial score (nSPS) is 21.5. The molecule has 0 saturated carbocycles. The van der Waals surface area contributed by atoms with Crippen LogP contribution in [0, 0.1) is 6.92 Å². The fourth-order valence-corrected chi connectivity index (χ4v) is 5.80. The summed E-state index contributed by atoms with van der Waals surface area (Å²) in [5, 5.41) is 2.89. The molecule has 1 unspecified atom stereocenters. The summed E-state index contributed by atoms with van der Waals surface area (Å²) in [7, 11) is -0.397. The molecule has 200 valence electrons. The number of carbonyl (C=O) groups excluding carboxylic acids is 1. The van der Waals surface area contributed by atoms with Crippen LogP contribution in [-0.4, -0.2) is 36.6 Å². The minimum Gasteiger partial charge on any atom is -0.444 e. The zero-order chi connectivity index (χ0) is 27.4. The van der Waals surface area contributed by atoms with Gasteiger partial charge in [-0.3, -0.25) is 0 Å². The van der Waals surface area contributed by atoms with Crippen LogP contribution in [0.3, 0.4) is 0 Å². The monoisotopic (exact) mass is 569 g/mol. The number of nitrogens with one attached hydrogen (secondary N) is 1. The smallest absolute Gasteiger partial charge is 0.444 e. The maximum atomic E-state index is 12.0. The summed E-state index contributed by atoms with van der Waals surface area (Å²) in [5.74, 6) is 0. The Balaban J connectivity index is 1.59. The van der Waals surface area contributed by atoms with Crippen LogP contribution in [0.4, 0.5) is 4.79 Å². The molecule has 1 N–H and O–H groups in total. The fourth-order valence-electron chi connectivity index (χ4n) is 5.44. The summed E-state index contributed by atoms with van der Waals surface area (Å²) in [6, 6.07) is 11.2. The average Bonchev–Trinajstić information content (AvgIpc) is 3.13. The lowest BCUT2D eigenvalue weighted by atomic mass is 9.71. The largest absolute Gasteiger partial charge is 0.494 e. The van der Waals surface area contributed by atoms with E-state index in [0.29, 0.717) is 6.54 Å². The summed E-state index contributed by atoms with van der Waals surface area (Å²) >= 11 is 3.70. The second-order valence-electron chi connectivity index (χ2n) is 12.8. The number of carbonyl (C=O) groups is 1. The number of benzene rings is 2. The topological polar surface area (TPSA) is 56.8 Å². The van der Waals surface area contributed by atoms with Crippen LogP contribution in [0.2, 0.25) is 0 Å². The predicted molar refractivity (Wildman–Crippen MR) is 155 cm³/mol. The van der Waals surface area contributed by atoms with Crippen molar-refractivity contribution in [3.8, 4) is 11.1 Å². The quantitative estimate of drug-likeness (QED) is 0.299. The molecule has 2 aromatic carbocycles. The van der Waals surface area contributed by atoms with E-state index in [1.165, 1.54) is 27.8 Å². The first kappa shape index (κ1) is 28.2. The van der Waals surface area contributed by atoms with E-state index in [9.17, 15) is 4.79 Å². The van der Waals surface area contributed by atoms with Crippen molar-refractivity contribution in [1.29, 1.82) is 0 Å². The fraction of sp³-hybridized carbons (Fsp3) is 0.567. The lowest BCUT2D eigenvalue weighted by Crippen LogP contribution is -2.41. The van der Waals surface area contributed by atoms with Crippen molar-refractivity contribution in [1.82, 2.24) is 5.32 Å². The molecule has 0 spiro atoms. The molecule has 2 aliphatic rings. The number of aryl methyl sites for hydroxylation is 1. The lowest BCUT2D eigenvalue weighted by Gasteiger charge is -2.32. The van der Waals surface area contributed by atoms with Crippen LogP contribution in [-0.2, 0) is 19.5 Å². The highest BCUT2D eigenvalue weighted by Gasteiger charge is 2.52. The Morgan fingerprint density at radius 1 is 1.00 bits per heavy atom. The van der Waals surface area contributed by atoms with Gasteiger partial charge in [-0.15, -0.1) is 0 Å². The molecule has 0 radical (unpaired) electrons. The standard InChI is InChI=1S/C30H41BBrNO4/c1-19-16-20(31-36-28(5,6)29(7,8)37-31)17-24-25(19)22-13-12-21(32)18-23(22)30(24,9)14-10-11-15-33-26(34)35-27(2,3)4/h12-13,16-18H,10-11,14-15H2,1-9H3,(H,33,34). The molecule has 1 fully saturated rings. The van der Waals surface area contributed by atoms with Gasteiger partial charge in [-0.25, -0.2) is 4.79 Å². The van der Waals surface area contributed by atoms with E-state index in [2.05, 4.69) is 93.1 Å². The van der Waals surface area contributed by atoms with E-state index in [1.807, 2.05) is 20.8 Å². The number of hydrogen-bond donors (Lipinski definition) is 1. The van der Waals surface area contributed by atoms with Crippen molar-refractivity contribution in [2.75, 3.05) is 6.54 Å². The van der Waals surface area contributed by atoms with Gasteiger partial charge < -0.3 is 19.4 Å². The Morgan fingerprint density at radius 3 is 2.27 bits per heavy atom. The van der Waals surface area contributed by atoms with E-state index in [-0.39, 0.29) is 22.7 Å². The number of amides is 1. The Labute approximate surface area is 231 Å². The summed E-state index contributed by atoms with van der Waals surface area (Å²) < 4.78 is 19.3. The Bertz CT molecular complexity index is 1190. The van der Waals surface area contributed by atoms with Crippen molar-refractivity contribution in [2.45, 2.75) is 104 Å². The number of ether oxygens (including phenoxy) is 1. The second-order valence-corrected chi connectivity index (χ2v) is 13.7. The van der Waals surface area contributed by atoms with Gasteiger partial charge in [-0.2, -0.15) is 0 Å². The molecular formula is C30H41BBrNO4. The van der Waals surface area contributed by atoms with Crippen LogP contribution >= 0.6 is 15.9 Å². The number of rotatable bonds is 6. The molecule has 1 aliphatic heterocycles.